The zero-order valence-electron chi connectivity index (χ0n) is 11.1. The van der Waals surface area contributed by atoms with Crippen LogP contribution >= 0.6 is 0 Å². The number of carbonyl (C=O) groups is 1. The van der Waals surface area contributed by atoms with Gasteiger partial charge in [0.2, 0.25) is 0 Å². The highest BCUT2D eigenvalue weighted by Gasteiger charge is 2.20. The highest BCUT2D eigenvalue weighted by molar-refractivity contribution is 5.80. The van der Waals surface area contributed by atoms with Crippen molar-refractivity contribution in [3.8, 4) is 5.75 Å². The number of nitrogens with zero attached hydrogens (tertiary/aromatic N) is 1. The average Bonchev–Trinajstić information content (AvgIpc) is 2.40. The molecule has 0 bridgehead atoms. The van der Waals surface area contributed by atoms with Crippen LogP contribution in [0, 0.1) is 0 Å². The van der Waals surface area contributed by atoms with Gasteiger partial charge < -0.3 is 20.1 Å². The smallest absolute Gasteiger partial charge is 0.253 e. The Morgan fingerprint density at radius 1 is 1.44 bits per heavy atom. The van der Waals surface area contributed by atoms with Crippen LogP contribution in [0.5, 0.6) is 5.75 Å². The Morgan fingerprint density at radius 3 is 2.72 bits per heavy atom. The van der Waals surface area contributed by atoms with Gasteiger partial charge in [0.1, 0.15) is 11.9 Å². The van der Waals surface area contributed by atoms with E-state index in [2.05, 4.69) is 0 Å². The Morgan fingerprint density at radius 2 is 2.17 bits per heavy atom. The maximum absolute atomic E-state index is 12.0. The Kier molecular flexibility index (Phi) is 5.61. The summed E-state index contributed by atoms with van der Waals surface area (Å²) in [6.07, 6.45) is -0.583. The molecule has 5 heteroatoms. The summed E-state index contributed by atoms with van der Waals surface area (Å²) in [6.45, 7) is 0.674. The SMILES string of the molecule is COc1cccc(CN(C)C(=O)C(CN)OC)c1. The highest BCUT2D eigenvalue weighted by Crippen LogP contribution is 2.14. The first-order valence-electron chi connectivity index (χ1n) is 5.73. The van der Waals surface area contributed by atoms with E-state index in [1.165, 1.54) is 7.11 Å². The van der Waals surface area contributed by atoms with E-state index in [0.29, 0.717) is 6.54 Å². The molecule has 0 saturated heterocycles. The molecule has 0 saturated carbocycles. The van der Waals surface area contributed by atoms with E-state index in [4.69, 9.17) is 15.2 Å². The number of hydrogen-bond acceptors (Lipinski definition) is 4. The predicted molar refractivity (Wildman–Crippen MR) is 69.3 cm³/mol. The van der Waals surface area contributed by atoms with Crippen molar-refractivity contribution in [2.45, 2.75) is 12.6 Å². The second kappa shape index (κ2) is 6.98. The highest BCUT2D eigenvalue weighted by atomic mass is 16.5. The lowest BCUT2D eigenvalue weighted by Crippen LogP contribution is -2.41. The summed E-state index contributed by atoms with van der Waals surface area (Å²) in [6, 6.07) is 7.59. The van der Waals surface area contributed by atoms with E-state index in [-0.39, 0.29) is 12.5 Å². The fourth-order valence-corrected chi connectivity index (χ4v) is 1.67. The summed E-state index contributed by atoms with van der Waals surface area (Å²) in [5.74, 6) is 0.651. The van der Waals surface area contributed by atoms with Crippen molar-refractivity contribution in [1.29, 1.82) is 0 Å². The number of nitrogens with two attached hydrogens (primary N) is 1. The topological polar surface area (TPSA) is 64.8 Å². The third-order valence-electron chi connectivity index (χ3n) is 2.70. The van der Waals surface area contributed by atoms with Gasteiger partial charge in [-0.2, -0.15) is 0 Å². The maximum atomic E-state index is 12.0. The molecule has 18 heavy (non-hydrogen) atoms. The summed E-state index contributed by atoms with van der Waals surface area (Å²) in [7, 11) is 4.82. The van der Waals surface area contributed by atoms with Gasteiger partial charge in [-0.3, -0.25) is 4.79 Å². The lowest BCUT2D eigenvalue weighted by molar-refractivity contribution is -0.140. The van der Waals surface area contributed by atoms with Crippen molar-refractivity contribution in [3.05, 3.63) is 29.8 Å². The largest absolute Gasteiger partial charge is 0.497 e. The van der Waals surface area contributed by atoms with Gasteiger partial charge in [0.05, 0.1) is 7.11 Å². The molecule has 0 spiro atoms. The van der Waals surface area contributed by atoms with Gasteiger partial charge in [0, 0.05) is 27.2 Å². The van der Waals surface area contributed by atoms with E-state index in [1.54, 1.807) is 19.1 Å². The molecule has 5 nitrogen and oxygen atoms in total. The lowest BCUT2D eigenvalue weighted by atomic mass is 10.2. The predicted octanol–water partition coefficient (Wildman–Crippen LogP) is 0.627. The number of ether oxygens (including phenoxy) is 2. The summed E-state index contributed by atoms with van der Waals surface area (Å²) in [5, 5.41) is 0. The van der Waals surface area contributed by atoms with Crippen LogP contribution in [0.1, 0.15) is 5.56 Å². The van der Waals surface area contributed by atoms with Crippen molar-refractivity contribution in [1.82, 2.24) is 4.90 Å². The Bertz CT molecular complexity index is 392. The van der Waals surface area contributed by atoms with Crippen molar-refractivity contribution >= 4 is 5.91 Å². The molecule has 0 radical (unpaired) electrons. The lowest BCUT2D eigenvalue weighted by Gasteiger charge is -2.22. The van der Waals surface area contributed by atoms with Crippen LogP contribution in [-0.2, 0) is 16.1 Å². The van der Waals surface area contributed by atoms with Crippen molar-refractivity contribution in [2.75, 3.05) is 27.8 Å². The van der Waals surface area contributed by atoms with E-state index < -0.39 is 6.10 Å². The number of rotatable bonds is 6. The fraction of sp³-hybridized carbons (Fsp3) is 0.462. The minimum Gasteiger partial charge on any atom is -0.497 e. The van der Waals surface area contributed by atoms with Crippen molar-refractivity contribution < 1.29 is 14.3 Å². The average molecular weight is 252 g/mol. The van der Waals surface area contributed by atoms with Crippen LogP contribution < -0.4 is 10.5 Å². The molecule has 1 aromatic carbocycles. The summed E-state index contributed by atoms with van der Waals surface area (Å²) in [5.41, 5.74) is 6.47. The second-order valence-electron chi connectivity index (χ2n) is 4.01. The van der Waals surface area contributed by atoms with Crippen LogP contribution in [0.15, 0.2) is 24.3 Å². The fourth-order valence-electron chi connectivity index (χ4n) is 1.67. The first-order valence-corrected chi connectivity index (χ1v) is 5.73. The van der Waals surface area contributed by atoms with Gasteiger partial charge >= 0.3 is 0 Å². The van der Waals surface area contributed by atoms with E-state index >= 15 is 0 Å². The van der Waals surface area contributed by atoms with E-state index in [0.717, 1.165) is 11.3 Å². The standard InChI is InChI=1S/C13H20N2O3/c1-15(13(16)12(8-14)18-3)9-10-5-4-6-11(7-10)17-2/h4-7,12H,8-9,14H2,1-3H3. The van der Waals surface area contributed by atoms with Crippen LogP contribution in [-0.4, -0.2) is 44.7 Å². The molecule has 0 aliphatic carbocycles. The Balaban J connectivity index is 2.68. The second-order valence-corrected chi connectivity index (χ2v) is 4.01. The third kappa shape index (κ3) is 3.72. The van der Waals surface area contributed by atoms with Crippen molar-refractivity contribution in [3.63, 3.8) is 0 Å². The molecular weight excluding hydrogens is 232 g/mol. The number of amides is 1. The monoisotopic (exact) mass is 252 g/mol. The van der Waals surface area contributed by atoms with Crippen LogP contribution in [0.2, 0.25) is 0 Å². The number of benzene rings is 1. The van der Waals surface area contributed by atoms with Gasteiger partial charge in [-0.15, -0.1) is 0 Å². The van der Waals surface area contributed by atoms with Gasteiger partial charge in [0.25, 0.3) is 5.91 Å². The van der Waals surface area contributed by atoms with E-state index in [1.807, 2.05) is 24.3 Å². The molecule has 0 fully saturated rings. The molecule has 1 atom stereocenters. The molecule has 1 amide bonds. The molecule has 0 aliphatic heterocycles. The third-order valence-corrected chi connectivity index (χ3v) is 2.70. The molecule has 1 rings (SSSR count). The number of likely N-dealkylation sites (N-methyl/N-ethyl adjacent to an activating group) is 1. The van der Waals surface area contributed by atoms with Gasteiger partial charge in [-0.1, -0.05) is 12.1 Å². The maximum Gasteiger partial charge on any atom is 0.253 e. The molecular formula is C13H20N2O3. The summed E-state index contributed by atoms with van der Waals surface area (Å²) in [4.78, 5) is 13.5. The number of carbonyl (C=O) groups excluding carboxylic acids is 1. The zero-order chi connectivity index (χ0) is 13.5. The van der Waals surface area contributed by atoms with Gasteiger partial charge in [-0.05, 0) is 17.7 Å². The molecule has 1 unspecified atom stereocenters. The first-order chi connectivity index (χ1) is 8.62. The summed E-state index contributed by atoms with van der Waals surface area (Å²) >= 11 is 0. The zero-order valence-corrected chi connectivity index (χ0v) is 11.1. The molecule has 0 aromatic heterocycles. The molecule has 100 valence electrons. The van der Waals surface area contributed by atoms with Gasteiger partial charge in [-0.25, -0.2) is 0 Å². The molecule has 0 aliphatic rings. The summed E-state index contributed by atoms with van der Waals surface area (Å²) < 4.78 is 10.2. The number of hydrogen-bond donors (Lipinski definition) is 1. The van der Waals surface area contributed by atoms with Crippen LogP contribution in [0.25, 0.3) is 0 Å². The van der Waals surface area contributed by atoms with Gasteiger partial charge in [0.15, 0.2) is 0 Å². The molecule has 2 N–H and O–H groups in total. The van der Waals surface area contributed by atoms with Crippen molar-refractivity contribution in [2.24, 2.45) is 5.73 Å². The Labute approximate surface area is 107 Å². The Hall–Kier alpha value is -1.59. The first kappa shape index (κ1) is 14.5. The van der Waals surface area contributed by atoms with E-state index in [9.17, 15) is 4.79 Å². The number of methoxy groups -OCH3 is 2. The quantitative estimate of drug-likeness (QED) is 0.806. The van der Waals surface area contributed by atoms with Crippen LogP contribution in [0.4, 0.5) is 0 Å². The molecule has 1 aromatic rings. The molecule has 0 heterocycles. The minimum atomic E-state index is -0.583. The normalized spacial score (nSPS) is 12.0. The minimum absolute atomic E-state index is 0.122. The van der Waals surface area contributed by atoms with Crippen LogP contribution in [0.3, 0.4) is 0 Å².